The molecule has 6 heteroatoms. The zero-order valence-electron chi connectivity index (χ0n) is 11.5. The largest absolute Gasteiger partial charge is 0.399 e. The molecule has 0 aliphatic heterocycles. The highest BCUT2D eigenvalue weighted by Gasteiger charge is 2.10. The van der Waals surface area contributed by atoms with Crippen LogP contribution in [-0.4, -0.2) is 20.2 Å². The zero-order chi connectivity index (χ0) is 14.8. The molecule has 0 spiro atoms. The Hall–Kier alpha value is -2.21. The van der Waals surface area contributed by atoms with Gasteiger partial charge in [0.2, 0.25) is 0 Å². The third-order valence-corrected chi connectivity index (χ3v) is 3.60. The molecule has 2 N–H and O–H groups in total. The van der Waals surface area contributed by atoms with Gasteiger partial charge in [0, 0.05) is 15.7 Å². The smallest absolute Gasteiger partial charge is 0.182 e. The summed E-state index contributed by atoms with van der Waals surface area (Å²) >= 11 is 3.47. The normalized spacial score (nSPS) is 10.8. The predicted molar refractivity (Wildman–Crippen MR) is 85.6 cm³/mol. The van der Waals surface area contributed by atoms with Crippen molar-refractivity contribution >= 4 is 21.6 Å². The fraction of sp³-hybridized carbons (Fsp3) is 0.133. The van der Waals surface area contributed by atoms with Crippen molar-refractivity contribution in [2.45, 2.75) is 13.5 Å². The van der Waals surface area contributed by atoms with E-state index in [1.165, 1.54) is 0 Å². The quantitative estimate of drug-likeness (QED) is 0.742. The van der Waals surface area contributed by atoms with Crippen LogP contribution < -0.4 is 5.73 Å². The number of hydrogen-bond donors (Lipinski definition) is 1. The van der Waals surface area contributed by atoms with Crippen LogP contribution in [0.25, 0.3) is 11.4 Å². The first kappa shape index (κ1) is 13.8. The van der Waals surface area contributed by atoms with Crippen molar-refractivity contribution in [2.24, 2.45) is 0 Å². The van der Waals surface area contributed by atoms with Crippen LogP contribution in [-0.2, 0) is 6.54 Å². The van der Waals surface area contributed by atoms with Crippen molar-refractivity contribution in [1.82, 2.24) is 20.2 Å². The minimum absolute atomic E-state index is 0.607. The van der Waals surface area contributed by atoms with E-state index in [1.54, 1.807) is 4.68 Å². The Morgan fingerprint density at radius 2 is 2.05 bits per heavy atom. The Kier molecular flexibility index (Phi) is 3.70. The first-order valence-electron chi connectivity index (χ1n) is 6.50. The molecule has 5 nitrogen and oxygen atoms in total. The molecule has 0 bridgehead atoms. The summed E-state index contributed by atoms with van der Waals surface area (Å²) in [6, 6.07) is 13.9. The molecule has 106 valence electrons. The highest BCUT2D eigenvalue weighted by Crippen LogP contribution is 2.22. The van der Waals surface area contributed by atoms with Gasteiger partial charge in [-0.2, -0.15) is 0 Å². The average molecular weight is 344 g/mol. The van der Waals surface area contributed by atoms with Gasteiger partial charge in [0.25, 0.3) is 0 Å². The van der Waals surface area contributed by atoms with Gasteiger partial charge in [-0.25, -0.2) is 4.68 Å². The molecule has 0 unspecified atom stereocenters. The minimum atomic E-state index is 0.607. The van der Waals surface area contributed by atoms with Crippen molar-refractivity contribution in [3.8, 4) is 11.4 Å². The summed E-state index contributed by atoms with van der Waals surface area (Å²) in [7, 11) is 0. The SMILES string of the molecule is Cc1cc(N)cc(-c2nnnn2Cc2cccc(Br)c2)c1. The molecule has 0 fully saturated rings. The van der Waals surface area contributed by atoms with E-state index in [1.807, 2.05) is 43.3 Å². The van der Waals surface area contributed by atoms with Crippen molar-refractivity contribution in [1.29, 1.82) is 0 Å². The lowest BCUT2D eigenvalue weighted by Gasteiger charge is -2.07. The van der Waals surface area contributed by atoms with Crippen molar-refractivity contribution < 1.29 is 0 Å². The first-order valence-corrected chi connectivity index (χ1v) is 7.29. The zero-order valence-corrected chi connectivity index (χ0v) is 13.1. The van der Waals surface area contributed by atoms with Gasteiger partial charge >= 0.3 is 0 Å². The van der Waals surface area contributed by atoms with Crippen LogP contribution in [0.15, 0.2) is 46.9 Å². The number of nitrogens with two attached hydrogens (primary N) is 1. The van der Waals surface area contributed by atoms with Gasteiger partial charge in [0.15, 0.2) is 5.82 Å². The van der Waals surface area contributed by atoms with Crippen molar-refractivity contribution in [3.63, 3.8) is 0 Å². The van der Waals surface area contributed by atoms with E-state index in [4.69, 9.17) is 5.73 Å². The van der Waals surface area contributed by atoms with Crippen LogP contribution in [0.2, 0.25) is 0 Å². The molecule has 0 radical (unpaired) electrons. The number of nitrogens with zero attached hydrogens (tertiary/aromatic N) is 4. The van der Waals surface area contributed by atoms with E-state index in [9.17, 15) is 0 Å². The predicted octanol–water partition coefficient (Wildman–Crippen LogP) is 3.04. The molecule has 0 amide bonds. The van der Waals surface area contributed by atoms with E-state index >= 15 is 0 Å². The molecule has 0 atom stereocenters. The Labute approximate surface area is 130 Å². The third-order valence-electron chi connectivity index (χ3n) is 3.11. The average Bonchev–Trinajstić information content (AvgIpc) is 2.85. The van der Waals surface area contributed by atoms with Crippen LogP contribution in [0.1, 0.15) is 11.1 Å². The second-order valence-electron chi connectivity index (χ2n) is 4.92. The number of halogens is 1. The standard InChI is InChI=1S/C15H14BrN5/c1-10-5-12(8-14(17)6-10)15-18-19-20-21(15)9-11-3-2-4-13(16)7-11/h2-8H,9,17H2,1H3. The molecule has 3 aromatic rings. The number of tetrazole rings is 1. The van der Waals surface area contributed by atoms with Crippen LogP contribution in [0.3, 0.4) is 0 Å². The fourth-order valence-corrected chi connectivity index (χ4v) is 2.71. The summed E-state index contributed by atoms with van der Waals surface area (Å²) in [6.07, 6.45) is 0. The molecular formula is C15H14BrN5. The van der Waals surface area contributed by atoms with Crippen LogP contribution in [0.5, 0.6) is 0 Å². The summed E-state index contributed by atoms with van der Waals surface area (Å²) in [5.41, 5.74) is 9.75. The van der Waals surface area contributed by atoms with Crippen LogP contribution in [0, 0.1) is 6.92 Å². The van der Waals surface area contributed by atoms with Gasteiger partial charge in [-0.15, -0.1) is 5.10 Å². The number of nitrogen functional groups attached to an aromatic ring is 1. The maximum atomic E-state index is 5.90. The molecule has 0 saturated heterocycles. The molecule has 2 aromatic carbocycles. The van der Waals surface area contributed by atoms with Crippen molar-refractivity contribution in [2.75, 3.05) is 5.73 Å². The lowest BCUT2D eigenvalue weighted by molar-refractivity contribution is 0.653. The Morgan fingerprint density at radius 1 is 1.19 bits per heavy atom. The number of rotatable bonds is 3. The second kappa shape index (κ2) is 5.65. The third kappa shape index (κ3) is 3.11. The summed E-state index contributed by atoms with van der Waals surface area (Å²) < 4.78 is 2.81. The van der Waals surface area contributed by atoms with Crippen molar-refractivity contribution in [3.05, 3.63) is 58.1 Å². The maximum Gasteiger partial charge on any atom is 0.182 e. The van der Waals surface area contributed by atoms with E-state index in [2.05, 4.69) is 37.5 Å². The summed E-state index contributed by atoms with van der Waals surface area (Å²) in [5.74, 6) is 0.713. The van der Waals surface area contributed by atoms with Gasteiger partial charge in [-0.05, 0) is 58.8 Å². The summed E-state index contributed by atoms with van der Waals surface area (Å²) in [5, 5.41) is 12.0. The Morgan fingerprint density at radius 3 is 2.81 bits per heavy atom. The summed E-state index contributed by atoms with van der Waals surface area (Å²) in [4.78, 5) is 0. The Bertz CT molecular complexity index is 761. The van der Waals surface area contributed by atoms with E-state index in [0.717, 1.165) is 21.2 Å². The van der Waals surface area contributed by atoms with Gasteiger partial charge < -0.3 is 5.73 Å². The molecule has 1 heterocycles. The first-order chi connectivity index (χ1) is 10.1. The lowest BCUT2D eigenvalue weighted by atomic mass is 10.1. The number of anilines is 1. The molecule has 0 aliphatic rings. The molecule has 3 rings (SSSR count). The number of hydrogen-bond acceptors (Lipinski definition) is 4. The summed E-state index contributed by atoms with van der Waals surface area (Å²) in [6.45, 7) is 2.61. The lowest BCUT2D eigenvalue weighted by Crippen LogP contribution is -2.04. The van der Waals surface area contributed by atoms with E-state index in [-0.39, 0.29) is 0 Å². The van der Waals surface area contributed by atoms with Gasteiger partial charge in [0.1, 0.15) is 0 Å². The number of aryl methyl sites for hydroxylation is 1. The topological polar surface area (TPSA) is 69.6 Å². The molecule has 0 saturated carbocycles. The molecule has 0 aliphatic carbocycles. The number of benzene rings is 2. The van der Waals surface area contributed by atoms with Gasteiger partial charge in [-0.1, -0.05) is 28.1 Å². The second-order valence-corrected chi connectivity index (χ2v) is 5.84. The highest BCUT2D eigenvalue weighted by molar-refractivity contribution is 9.10. The molecule has 21 heavy (non-hydrogen) atoms. The van der Waals surface area contributed by atoms with E-state index in [0.29, 0.717) is 18.1 Å². The maximum absolute atomic E-state index is 5.90. The van der Waals surface area contributed by atoms with Crippen LogP contribution in [0.4, 0.5) is 5.69 Å². The molecule has 1 aromatic heterocycles. The van der Waals surface area contributed by atoms with Gasteiger partial charge in [-0.3, -0.25) is 0 Å². The van der Waals surface area contributed by atoms with E-state index < -0.39 is 0 Å². The Balaban J connectivity index is 1.97. The monoisotopic (exact) mass is 343 g/mol. The van der Waals surface area contributed by atoms with Crippen LogP contribution >= 0.6 is 15.9 Å². The minimum Gasteiger partial charge on any atom is -0.399 e. The van der Waals surface area contributed by atoms with Gasteiger partial charge in [0.05, 0.1) is 6.54 Å². The number of aromatic nitrogens is 4. The highest BCUT2D eigenvalue weighted by atomic mass is 79.9. The fourth-order valence-electron chi connectivity index (χ4n) is 2.27. The molecular weight excluding hydrogens is 330 g/mol.